The lowest BCUT2D eigenvalue weighted by Gasteiger charge is -2.16. The molecule has 6 nitrogen and oxygen atoms in total. The molecule has 0 saturated carbocycles. The highest BCUT2D eigenvalue weighted by Crippen LogP contribution is 2.04. The fraction of sp³-hybridized carbons (Fsp3) is 0.769. The number of nitrogens with one attached hydrogen (secondary N) is 2. The van der Waals surface area contributed by atoms with E-state index >= 15 is 0 Å². The Hall–Kier alpha value is -1.59. The highest BCUT2D eigenvalue weighted by molar-refractivity contribution is 5.79. The van der Waals surface area contributed by atoms with Gasteiger partial charge in [-0.3, -0.25) is 0 Å². The molecule has 1 aromatic heterocycles. The van der Waals surface area contributed by atoms with Gasteiger partial charge in [-0.05, 0) is 12.8 Å². The van der Waals surface area contributed by atoms with Crippen molar-refractivity contribution in [3.8, 4) is 0 Å². The average Bonchev–Trinajstić information content (AvgIpc) is 2.82. The number of hydrogen-bond donors (Lipinski definition) is 2. The molecule has 0 aliphatic heterocycles. The largest absolute Gasteiger partial charge is 0.357 e. The molecule has 108 valence electrons. The lowest BCUT2D eigenvalue weighted by Crippen LogP contribution is -2.39. The predicted octanol–water partition coefficient (Wildman–Crippen LogP) is 1.31. The van der Waals surface area contributed by atoms with Crippen LogP contribution in [0.15, 0.2) is 11.3 Å². The predicted molar refractivity (Wildman–Crippen MR) is 77.9 cm³/mol. The van der Waals surface area contributed by atoms with E-state index in [1.54, 1.807) is 6.33 Å². The van der Waals surface area contributed by atoms with Gasteiger partial charge in [0, 0.05) is 20.1 Å². The van der Waals surface area contributed by atoms with Gasteiger partial charge in [0.1, 0.15) is 12.9 Å². The van der Waals surface area contributed by atoms with E-state index in [0.717, 1.165) is 24.9 Å². The average molecular weight is 266 g/mol. The number of rotatable bonds is 7. The number of nitrogens with zero attached hydrogens (tertiary/aromatic N) is 4. The zero-order chi connectivity index (χ0) is 14.1. The molecule has 0 radical (unpaired) electrons. The van der Waals surface area contributed by atoms with Crippen LogP contribution in [0, 0.1) is 5.92 Å². The molecule has 0 unspecified atom stereocenters. The molecular weight excluding hydrogens is 240 g/mol. The Balaban J connectivity index is 2.53. The molecule has 1 aromatic rings. The maximum Gasteiger partial charge on any atom is 0.191 e. The van der Waals surface area contributed by atoms with Gasteiger partial charge in [-0.15, -0.1) is 10.2 Å². The summed E-state index contributed by atoms with van der Waals surface area (Å²) in [5.74, 6) is 2.40. The Labute approximate surface area is 115 Å². The van der Waals surface area contributed by atoms with Crippen molar-refractivity contribution in [1.82, 2.24) is 25.4 Å². The van der Waals surface area contributed by atoms with Gasteiger partial charge in [-0.25, -0.2) is 4.99 Å². The Morgan fingerprint density at radius 1 is 1.32 bits per heavy atom. The standard InChI is InChI=1S/C13H26N6/c1-5-11(6-2)8-15-13(14-7-3)16-9-12-18-17-10-19(12)4/h10-11H,5-9H2,1-4H3,(H2,14,15,16). The van der Waals surface area contributed by atoms with E-state index in [2.05, 4.69) is 46.6 Å². The summed E-state index contributed by atoms with van der Waals surface area (Å²) in [6.07, 6.45) is 4.06. The second-order valence-electron chi connectivity index (χ2n) is 4.62. The van der Waals surface area contributed by atoms with Crippen LogP contribution in [0.1, 0.15) is 39.4 Å². The first kappa shape index (κ1) is 15.5. The second-order valence-corrected chi connectivity index (χ2v) is 4.62. The molecule has 0 aliphatic carbocycles. The summed E-state index contributed by atoms with van der Waals surface area (Å²) in [4.78, 5) is 4.53. The third-order valence-corrected chi connectivity index (χ3v) is 3.24. The third-order valence-electron chi connectivity index (χ3n) is 3.24. The Morgan fingerprint density at radius 3 is 2.58 bits per heavy atom. The van der Waals surface area contributed by atoms with E-state index in [1.165, 1.54) is 12.8 Å². The van der Waals surface area contributed by atoms with Crippen molar-refractivity contribution in [2.75, 3.05) is 13.1 Å². The monoisotopic (exact) mass is 266 g/mol. The first-order chi connectivity index (χ1) is 9.21. The van der Waals surface area contributed by atoms with Gasteiger partial charge < -0.3 is 15.2 Å². The van der Waals surface area contributed by atoms with Gasteiger partial charge in [0.05, 0.1) is 0 Å². The van der Waals surface area contributed by atoms with Crippen molar-refractivity contribution in [2.24, 2.45) is 18.0 Å². The molecule has 1 heterocycles. The summed E-state index contributed by atoms with van der Waals surface area (Å²) in [5, 5.41) is 14.5. The number of aryl methyl sites for hydroxylation is 1. The highest BCUT2D eigenvalue weighted by atomic mass is 15.3. The lowest BCUT2D eigenvalue weighted by molar-refractivity contribution is 0.481. The molecular formula is C13H26N6. The summed E-state index contributed by atoms with van der Waals surface area (Å²) in [6.45, 7) is 8.86. The Morgan fingerprint density at radius 2 is 2.05 bits per heavy atom. The summed E-state index contributed by atoms with van der Waals surface area (Å²) in [6, 6.07) is 0. The van der Waals surface area contributed by atoms with Gasteiger partial charge in [0.25, 0.3) is 0 Å². The summed E-state index contributed by atoms with van der Waals surface area (Å²) in [7, 11) is 1.93. The van der Waals surface area contributed by atoms with Crippen LogP contribution in [0.2, 0.25) is 0 Å². The van der Waals surface area contributed by atoms with E-state index in [1.807, 2.05) is 11.6 Å². The van der Waals surface area contributed by atoms with Gasteiger partial charge in [-0.2, -0.15) is 0 Å². The van der Waals surface area contributed by atoms with E-state index in [9.17, 15) is 0 Å². The van der Waals surface area contributed by atoms with E-state index < -0.39 is 0 Å². The van der Waals surface area contributed by atoms with E-state index in [0.29, 0.717) is 12.5 Å². The highest BCUT2D eigenvalue weighted by Gasteiger charge is 2.05. The van der Waals surface area contributed by atoms with Crippen molar-refractivity contribution < 1.29 is 0 Å². The third kappa shape index (κ3) is 5.28. The van der Waals surface area contributed by atoms with Crippen molar-refractivity contribution in [3.63, 3.8) is 0 Å². The fourth-order valence-electron chi connectivity index (χ4n) is 1.76. The SMILES string of the molecule is CCNC(=NCc1nncn1C)NCC(CC)CC. The minimum Gasteiger partial charge on any atom is -0.357 e. The van der Waals surface area contributed by atoms with E-state index in [-0.39, 0.29) is 0 Å². The topological polar surface area (TPSA) is 67.1 Å². The minimum atomic E-state index is 0.536. The molecule has 6 heteroatoms. The quantitative estimate of drug-likeness (QED) is 0.577. The zero-order valence-corrected chi connectivity index (χ0v) is 12.5. The molecule has 0 aliphatic rings. The van der Waals surface area contributed by atoms with Crippen LogP contribution >= 0.6 is 0 Å². The normalized spacial score (nSPS) is 11.9. The fourth-order valence-corrected chi connectivity index (χ4v) is 1.76. The molecule has 2 N–H and O–H groups in total. The Kier molecular flexibility index (Phi) is 6.92. The molecule has 0 spiro atoms. The maximum atomic E-state index is 4.53. The number of aromatic nitrogens is 3. The molecule has 19 heavy (non-hydrogen) atoms. The molecule has 1 rings (SSSR count). The molecule has 0 saturated heterocycles. The maximum absolute atomic E-state index is 4.53. The van der Waals surface area contributed by atoms with Crippen LogP contribution in [-0.4, -0.2) is 33.8 Å². The molecule has 0 aromatic carbocycles. The first-order valence-electron chi connectivity index (χ1n) is 7.06. The van der Waals surface area contributed by atoms with Crippen LogP contribution in [0.25, 0.3) is 0 Å². The van der Waals surface area contributed by atoms with Gasteiger partial charge in [0.2, 0.25) is 0 Å². The molecule has 0 amide bonds. The molecule has 0 fully saturated rings. The summed E-state index contributed by atoms with van der Waals surface area (Å²) < 4.78 is 1.88. The van der Waals surface area contributed by atoms with Crippen molar-refractivity contribution in [2.45, 2.75) is 40.2 Å². The van der Waals surface area contributed by atoms with E-state index in [4.69, 9.17) is 0 Å². The smallest absolute Gasteiger partial charge is 0.191 e. The summed E-state index contributed by atoms with van der Waals surface area (Å²) >= 11 is 0. The molecule has 0 atom stereocenters. The van der Waals surface area contributed by atoms with Crippen molar-refractivity contribution >= 4 is 5.96 Å². The van der Waals surface area contributed by atoms with Crippen LogP contribution < -0.4 is 10.6 Å². The van der Waals surface area contributed by atoms with Crippen LogP contribution in [0.5, 0.6) is 0 Å². The second kappa shape index (κ2) is 8.50. The number of hydrogen-bond acceptors (Lipinski definition) is 3. The van der Waals surface area contributed by atoms with Crippen molar-refractivity contribution in [3.05, 3.63) is 12.2 Å². The molecule has 0 bridgehead atoms. The first-order valence-corrected chi connectivity index (χ1v) is 7.06. The minimum absolute atomic E-state index is 0.536. The number of aliphatic imine (C=N–C) groups is 1. The number of guanidine groups is 1. The lowest BCUT2D eigenvalue weighted by atomic mass is 10.0. The zero-order valence-electron chi connectivity index (χ0n) is 12.5. The van der Waals surface area contributed by atoms with Crippen LogP contribution in [0.3, 0.4) is 0 Å². The van der Waals surface area contributed by atoms with Crippen molar-refractivity contribution in [1.29, 1.82) is 0 Å². The van der Waals surface area contributed by atoms with Gasteiger partial charge in [0.15, 0.2) is 11.8 Å². The van der Waals surface area contributed by atoms with Crippen LogP contribution in [-0.2, 0) is 13.6 Å². The Bertz CT molecular complexity index is 380. The van der Waals surface area contributed by atoms with Gasteiger partial charge >= 0.3 is 0 Å². The van der Waals surface area contributed by atoms with Gasteiger partial charge in [-0.1, -0.05) is 26.7 Å². The summed E-state index contributed by atoms with van der Waals surface area (Å²) in [5.41, 5.74) is 0. The van der Waals surface area contributed by atoms with Crippen LogP contribution in [0.4, 0.5) is 0 Å².